The van der Waals surface area contributed by atoms with Gasteiger partial charge in [-0.2, -0.15) is 0 Å². The maximum atomic E-state index is 11.9. The summed E-state index contributed by atoms with van der Waals surface area (Å²) in [5, 5.41) is 0. The van der Waals surface area contributed by atoms with Gasteiger partial charge in [-0.15, -0.1) is 0 Å². The van der Waals surface area contributed by atoms with Gasteiger partial charge in [0.25, 0.3) is 0 Å². The average Bonchev–Trinajstić information content (AvgIpc) is 2.89. The summed E-state index contributed by atoms with van der Waals surface area (Å²) in [6.07, 6.45) is 38.3. The van der Waals surface area contributed by atoms with Crippen molar-refractivity contribution in [3.8, 4) is 0 Å². The number of ether oxygens (including phenoxy) is 1. The molecular weight excluding hydrogens is 456 g/mol. The van der Waals surface area contributed by atoms with Crippen LogP contribution in [0, 0.1) is 0 Å². The molecule has 0 aliphatic carbocycles. The standard InChI is InChI=1S/C34H64O3/c1-3-5-7-9-11-13-15-16-17-18-19-20-22-24-26-28-30-32-34(36)37-33(35)31-29-27-25-23-21-14-12-10-8-6-4-2/h10,12H,3-9,11,13-32H2,1-2H3. The molecule has 0 aromatic carbocycles. The third kappa shape index (κ3) is 31.0. The normalized spacial score (nSPS) is 11.4. The minimum atomic E-state index is -0.337. The van der Waals surface area contributed by atoms with Gasteiger partial charge in [0.1, 0.15) is 0 Å². The Balaban J connectivity index is 3.30. The van der Waals surface area contributed by atoms with Crippen LogP contribution in [0.1, 0.15) is 194 Å². The molecule has 0 aliphatic rings. The Morgan fingerprint density at radius 3 is 1.08 bits per heavy atom. The Morgan fingerprint density at radius 2 is 0.703 bits per heavy atom. The van der Waals surface area contributed by atoms with Crippen molar-refractivity contribution in [1.82, 2.24) is 0 Å². The van der Waals surface area contributed by atoms with E-state index >= 15 is 0 Å². The first-order valence-corrected chi connectivity index (χ1v) is 16.6. The number of carbonyl (C=O) groups is 2. The van der Waals surface area contributed by atoms with Crippen LogP contribution in [0.25, 0.3) is 0 Å². The molecule has 0 bridgehead atoms. The molecule has 0 N–H and O–H groups in total. The number of esters is 2. The maximum absolute atomic E-state index is 11.9. The van der Waals surface area contributed by atoms with E-state index in [1.165, 1.54) is 135 Å². The number of rotatable bonds is 29. The lowest BCUT2D eigenvalue weighted by Gasteiger charge is -2.05. The van der Waals surface area contributed by atoms with Crippen molar-refractivity contribution in [2.24, 2.45) is 0 Å². The Hall–Kier alpha value is -1.12. The van der Waals surface area contributed by atoms with Gasteiger partial charge < -0.3 is 4.74 Å². The summed E-state index contributed by atoms with van der Waals surface area (Å²) in [4.78, 5) is 23.7. The Bertz CT molecular complexity index is 511. The first-order chi connectivity index (χ1) is 18.2. The number of hydrogen-bond acceptors (Lipinski definition) is 3. The average molecular weight is 521 g/mol. The molecule has 0 aliphatic heterocycles. The fourth-order valence-corrected chi connectivity index (χ4v) is 4.84. The van der Waals surface area contributed by atoms with Crippen molar-refractivity contribution < 1.29 is 14.3 Å². The van der Waals surface area contributed by atoms with Gasteiger partial charge in [-0.05, 0) is 32.1 Å². The molecule has 0 heterocycles. The second-order valence-corrected chi connectivity index (χ2v) is 11.2. The van der Waals surface area contributed by atoms with Gasteiger partial charge in [-0.1, -0.05) is 161 Å². The monoisotopic (exact) mass is 520 g/mol. The summed E-state index contributed by atoms with van der Waals surface area (Å²) in [5.74, 6) is -0.670. The highest BCUT2D eigenvalue weighted by Gasteiger charge is 2.09. The molecular formula is C34H64O3. The highest BCUT2D eigenvalue weighted by atomic mass is 16.6. The van der Waals surface area contributed by atoms with Crippen molar-refractivity contribution in [1.29, 1.82) is 0 Å². The highest BCUT2D eigenvalue weighted by Crippen LogP contribution is 2.15. The zero-order chi connectivity index (χ0) is 27.1. The van der Waals surface area contributed by atoms with Crippen molar-refractivity contribution in [3.05, 3.63) is 12.2 Å². The van der Waals surface area contributed by atoms with E-state index in [1.807, 2.05) is 0 Å². The Morgan fingerprint density at radius 1 is 0.405 bits per heavy atom. The van der Waals surface area contributed by atoms with Gasteiger partial charge in [0.2, 0.25) is 0 Å². The first kappa shape index (κ1) is 35.9. The molecule has 0 rings (SSSR count). The maximum Gasteiger partial charge on any atom is 0.313 e. The molecule has 0 fully saturated rings. The van der Waals surface area contributed by atoms with Crippen LogP contribution in [-0.2, 0) is 14.3 Å². The number of hydrogen-bond donors (Lipinski definition) is 0. The fraction of sp³-hybridized carbons (Fsp3) is 0.882. The van der Waals surface area contributed by atoms with Gasteiger partial charge in [-0.25, -0.2) is 0 Å². The highest BCUT2D eigenvalue weighted by molar-refractivity contribution is 5.85. The van der Waals surface area contributed by atoms with Crippen LogP contribution in [0.2, 0.25) is 0 Å². The molecule has 0 saturated carbocycles. The summed E-state index contributed by atoms with van der Waals surface area (Å²) in [7, 11) is 0. The van der Waals surface area contributed by atoms with Crippen LogP contribution in [-0.4, -0.2) is 11.9 Å². The molecule has 3 nitrogen and oxygen atoms in total. The zero-order valence-corrected chi connectivity index (χ0v) is 25.2. The number of unbranched alkanes of at least 4 members (excludes halogenated alkanes) is 23. The molecule has 218 valence electrons. The minimum absolute atomic E-state index is 0.333. The minimum Gasteiger partial charge on any atom is -0.393 e. The lowest BCUT2D eigenvalue weighted by atomic mass is 10.0. The zero-order valence-electron chi connectivity index (χ0n) is 25.2. The lowest BCUT2D eigenvalue weighted by molar-refractivity contribution is -0.159. The van der Waals surface area contributed by atoms with Gasteiger partial charge in [0.15, 0.2) is 0 Å². The van der Waals surface area contributed by atoms with Crippen LogP contribution >= 0.6 is 0 Å². The molecule has 0 amide bonds. The summed E-state index contributed by atoms with van der Waals surface area (Å²) in [5.41, 5.74) is 0. The summed E-state index contributed by atoms with van der Waals surface area (Å²) < 4.78 is 4.98. The smallest absolute Gasteiger partial charge is 0.313 e. The number of carbonyl (C=O) groups excluding carboxylic acids is 2. The van der Waals surface area contributed by atoms with E-state index in [9.17, 15) is 9.59 Å². The Labute approximate surface area is 232 Å². The quantitative estimate of drug-likeness (QED) is 0.0426. The summed E-state index contributed by atoms with van der Waals surface area (Å²) >= 11 is 0. The van der Waals surface area contributed by atoms with E-state index in [1.54, 1.807) is 0 Å². The van der Waals surface area contributed by atoms with Crippen LogP contribution in [0.15, 0.2) is 12.2 Å². The molecule has 0 aromatic rings. The molecule has 0 atom stereocenters. The van der Waals surface area contributed by atoms with Crippen molar-refractivity contribution in [2.45, 2.75) is 194 Å². The van der Waals surface area contributed by atoms with Crippen LogP contribution < -0.4 is 0 Å². The summed E-state index contributed by atoms with van der Waals surface area (Å²) in [6, 6.07) is 0. The van der Waals surface area contributed by atoms with Gasteiger partial charge in [-0.3, -0.25) is 9.59 Å². The molecule has 0 saturated heterocycles. The van der Waals surface area contributed by atoms with E-state index in [2.05, 4.69) is 26.0 Å². The topological polar surface area (TPSA) is 43.4 Å². The largest absolute Gasteiger partial charge is 0.393 e. The first-order valence-electron chi connectivity index (χ1n) is 16.6. The second-order valence-electron chi connectivity index (χ2n) is 11.2. The molecule has 0 aromatic heterocycles. The predicted octanol–water partition coefficient (Wildman–Crippen LogP) is 11.6. The predicted molar refractivity (Wildman–Crippen MR) is 161 cm³/mol. The SMILES string of the molecule is CCCCC=CCCCCCCCC(=O)OC(=O)CCCCCCCCCCCCCCCCCCC. The third-order valence-electron chi connectivity index (χ3n) is 7.35. The number of allylic oxidation sites excluding steroid dienone is 2. The van der Waals surface area contributed by atoms with E-state index in [-0.39, 0.29) is 11.9 Å². The molecule has 3 heteroatoms. The Kier molecular flexibility index (Phi) is 30.2. The lowest BCUT2D eigenvalue weighted by Crippen LogP contribution is -2.11. The van der Waals surface area contributed by atoms with Crippen molar-refractivity contribution >= 4 is 11.9 Å². The van der Waals surface area contributed by atoms with Gasteiger partial charge in [0.05, 0.1) is 0 Å². The van der Waals surface area contributed by atoms with Crippen LogP contribution in [0.4, 0.5) is 0 Å². The molecule has 0 spiro atoms. The van der Waals surface area contributed by atoms with Crippen molar-refractivity contribution in [3.63, 3.8) is 0 Å². The third-order valence-corrected chi connectivity index (χ3v) is 7.35. The van der Waals surface area contributed by atoms with Gasteiger partial charge >= 0.3 is 11.9 Å². The fourth-order valence-electron chi connectivity index (χ4n) is 4.84. The van der Waals surface area contributed by atoms with Crippen LogP contribution in [0.5, 0.6) is 0 Å². The molecule has 0 radical (unpaired) electrons. The summed E-state index contributed by atoms with van der Waals surface area (Å²) in [6.45, 7) is 4.50. The van der Waals surface area contributed by atoms with E-state index < -0.39 is 0 Å². The van der Waals surface area contributed by atoms with Crippen molar-refractivity contribution in [2.75, 3.05) is 0 Å². The van der Waals surface area contributed by atoms with E-state index in [0.29, 0.717) is 12.8 Å². The van der Waals surface area contributed by atoms with E-state index in [4.69, 9.17) is 4.74 Å². The van der Waals surface area contributed by atoms with Gasteiger partial charge in [0, 0.05) is 12.8 Å². The van der Waals surface area contributed by atoms with Crippen LogP contribution in [0.3, 0.4) is 0 Å². The van der Waals surface area contributed by atoms with E-state index in [0.717, 1.165) is 32.1 Å². The second kappa shape index (κ2) is 31.1. The molecule has 0 unspecified atom stereocenters. The molecule has 37 heavy (non-hydrogen) atoms.